The fourth-order valence-corrected chi connectivity index (χ4v) is 2.77. The van der Waals surface area contributed by atoms with Crippen LogP contribution in [0.15, 0.2) is 42.5 Å². The molecule has 0 spiro atoms. The average Bonchev–Trinajstić information content (AvgIpc) is 3.21. The molecule has 1 amide bonds. The number of H-pyrrole nitrogens is 1. The van der Waals surface area contributed by atoms with Gasteiger partial charge in [0, 0.05) is 5.56 Å². The number of hydrogen-bond acceptors (Lipinski definition) is 7. The molecule has 0 bridgehead atoms. The van der Waals surface area contributed by atoms with Gasteiger partial charge in [-0.1, -0.05) is 12.1 Å². The molecule has 0 fully saturated rings. The zero-order valence-electron chi connectivity index (χ0n) is 15.3. The molecule has 0 radical (unpaired) electrons. The van der Waals surface area contributed by atoms with E-state index < -0.39 is 12.0 Å². The van der Waals surface area contributed by atoms with Gasteiger partial charge in [-0.05, 0) is 30.3 Å². The Hall–Kier alpha value is -3.75. The zero-order valence-corrected chi connectivity index (χ0v) is 15.3. The molecule has 144 valence electrons. The van der Waals surface area contributed by atoms with E-state index in [1.165, 1.54) is 0 Å². The molecule has 28 heavy (non-hydrogen) atoms. The Morgan fingerprint density at radius 2 is 1.93 bits per heavy atom. The molecule has 9 nitrogen and oxygen atoms in total. The number of anilines is 1. The van der Waals surface area contributed by atoms with Crippen LogP contribution in [0.3, 0.4) is 0 Å². The minimum Gasteiger partial charge on any atom is -0.493 e. The number of amides is 1. The number of ether oxygens (including phenoxy) is 4. The van der Waals surface area contributed by atoms with Crippen LogP contribution in [0.2, 0.25) is 0 Å². The van der Waals surface area contributed by atoms with Crippen molar-refractivity contribution in [2.75, 3.05) is 26.1 Å². The molecule has 0 saturated carbocycles. The molecule has 2 aromatic carbocycles. The number of methoxy groups -OCH3 is 2. The van der Waals surface area contributed by atoms with Crippen LogP contribution in [0.4, 0.5) is 5.95 Å². The molecular weight excluding hydrogens is 364 g/mol. The summed E-state index contributed by atoms with van der Waals surface area (Å²) in [5.74, 6) is 2.52. The second kappa shape index (κ2) is 7.47. The van der Waals surface area contributed by atoms with E-state index in [0.717, 1.165) is 5.56 Å². The highest BCUT2D eigenvalue weighted by molar-refractivity contribution is 5.93. The largest absolute Gasteiger partial charge is 0.493 e. The van der Waals surface area contributed by atoms with Crippen molar-refractivity contribution in [2.45, 2.75) is 6.10 Å². The summed E-state index contributed by atoms with van der Waals surface area (Å²) in [4.78, 5) is 16.8. The fraction of sp³-hybridized carbons (Fsp3) is 0.211. The van der Waals surface area contributed by atoms with E-state index in [-0.39, 0.29) is 12.6 Å². The number of rotatable bonds is 5. The van der Waals surface area contributed by atoms with E-state index in [1.54, 1.807) is 38.5 Å². The molecule has 1 aromatic heterocycles. The molecule has 4 rings (SSSR count). The molecule has 1 aliphatic rings. The number of carbonyl (C=O) groups excluding carboxylic acids is 1. The van der Waals surface area contributed by atoms with Crippen LogP contribution in [-0.4, -0.2) is 48.0 Å². The highest BCUT2D eigenvalue weighted by atomic mass is 16.6. The lowest BCUT2D eigenvalue weighted by atomic mass is 10.2. The van der Waals surface area contributed by atoms with Gasteiger partial charge in [-0.25, -0.2) is 0 Å². The van der Waals surface area contributed by atoms with Crippen molar-refractivity contribution in [1.82, 2.24) is 15.2 Å². The predicted octanol–water partition coefficient (Wildman–Crippen LogP) is 2.27. The first-order valence-electron chi connectivity index (χ1n) is 8.52. The maximum atomic E-state index is 12.5. The molecule has 0 aliphatic carbocycles. The van der Waals surface area contributed by atoms with Crippen LogP contribution >= 0.6 is 0 Å². The van der Waals surface area contributed by atoms with Crippen LogP contribution in [-0.2, 0) is 4.79 Å². The maximum absolute atomic E-state index is 12.5. The Morgan fingerprint density at radius 1 is 1.14 bits per heavy atom. The third-order valence-corrected chi connectivity index (χ3v) is 4.18. The summed E-state index contributed by atoms with van der Waals surface area (Å²) in [6.07, 6.45) is -0.794. The number of nitrogens with one attached hydrogen (secondary N) is 2. The van der Waals surface area contributed by atoms with Crippen molar-refractivity contribution >= 4 is 11.9 Å². The number of aromatic nitrogens is 3. The highest BCUT2D eigenvalue weighted by Gasteiger charge is 2.28. The number of carbonyl (C=O) groups is 1. The Morgan fingerprint density at radius 3 is 2.71 bits per heavy atom. The summed E-state index contributed by atoms with van der Waals surface area (Å²) in [6.45, 7) is 0.107. The number of hydrogen-bond donors (Lipinski definition) is 2. The molecule has 0 saturated heterocycles. The number of fused-ring (bicyclic) bond motifs is 1. The first-order valence-corrected chi connectivity index (χ1v) is 8.52. The first kappa shape index (κ1) is 17.7. The molecule has 9 heteroatoms. The normalized spacial score (nSPS) is 15.0. The summed E-state index contributed by atoms with van der Waals surface area (Å²) < 4.78 is 21.8. The summed E-state index contributed by atoms with van der Waals surface area (Å²) in [5, 5.41) is 9.45. The van der Waals surface area contributed by atoms with Gasteiger partial charge in [-0.2, -0.15) is 4.98 Å². The van der Waals surface area contributed by atoms with Crippen LogP contribution in [0.25, 0.3) is 11.4 Å². The highest BCUT2D eigenvalue weighted by Crippen LogP contribution is 2.32. The number of aromatic amines is 1. The Bertz CT molecular complexity index is 1000. The second-order valence-corrected chi connectivity index (χ2v) is 5.93. The Labute approximate surface area is 160 Å². The number of para-hydroxylation sites is 2. The minimum atomic E-state index is -0.794. The van der Waals surface area contributed by atoms with Gasteiger partial charge in [-0.15, -0.1) is 5.10 Å². The minimum absolute atomic E-state index is 0.107. The molecule has 2 heterocycles. The third kappa shape index (κ3) is 3.41. The van der Waals surface area contributed by atoms with Crippen LogP contribution in [0, 0.1) is 0 Å². The van der Waals surface area contributed by atoms with E-state index in [1.807, 2.05) is 18.2 Å². The zero-order chi connectivity index (χ0) is 19.5. The molecule has 1 atom stereocenters. The molecule has 3 aromatic rings. The van der Waals surface area contributed by atoms with Gasteiger partial charge >= 0.3 is 0 Å². The summed E-state index contributed by atoms with van der Waals surface area (Å²) >= 11 is 0. The summed E-state index contributed by atoms with van der Waals surface area (Å²) in [7, 11) is 3.12. The standard InChI is InChI=1S/C19H18N4O5/c1-25-12-8-7-11(9-15(12)26-2)17-20-19(23-22-17)21-18(24)16-10-27-13-5-3-4-6-14(13)28-16/h3-9,16H,10H2,1-2H3,(H2,20,21,22,23,24)/t16-/m0/s1. The smallest absolute Gasteiger partial charge is 0.271 e. The van der Waals surface area contributed by atoms with Crippen molar-refractivity contribution in [3.05, 3.63) is 42.5 Å². The second-order valence-electron chi connectivity index (χ2n) is 5.93. The van der Waals surface area contributed by atoms with E-state index >= 15 is 0 Å². The average molecular weight is 382 g/mol. The van der Waals surface area contributed by atoms with Gasteiger partial charge in [-0.3, -0.25) is 15.2 Å². The van der Waals surface area contributed by atoms with Gasteiger partial charge in [0.15, 0.2) is 28.8 Å². The SMILES string of the molecule is COc1ccc(-c2nc(NC(=O)[C@@H]3COc4ccccc4O3)n[nH]2)cc1OC. The van der Waals surface area contributed by atoms with E-state index in [0.29, 0.717) is 28.8 Å². The first-order chi connectivity index (χ1) is 13.7. The Balaban J connectivity index is 1.46. The van der Waals surface area contributed by atoms with Crippen molar-refractivity contribution < 1.29 is 23.7 Å². The van der Waals surface area contributed by atoms with E-state index in [4.69, 9.17) is 18.9 Å². The molecule has 1 aliphatic heterocycles. The van der Waals surface area contributed by atoms with Gasteiger partial charge in [0.25, 0.3) is 5.91 Å². The maximum Gasteiger partial charge on any atom is 0.271 e. The lowest BCUT2D eigenvalue weighted by Gasteiger charge is -2.25. The molecule has 0 unspecified atom stereocenters. The van der Waals surface area contributed by atoms with Crippen LogP contribution in [0.1, 0.15) is 0 Å². The quantitative estimate of drug-likeness (QED) is 0.697. The van der Waals surface area contributed by atoms with Crippen LogP contribution in [0.5, 0.6) is 23.0 Å². The van der Waals surface area contributed by atoms with Crippen LogP contribution < -0.4 is 24.3 Å². The Kier molecular flexibility index (Phi) is 4.71. The number of nitrogens with zero attached hydrogens (tertiary/aromatic N) is 2. The predicted molar refractivity (Wildman–Crippen MR) is 99.9 cm³/mol. The van der Waals surface area contributed by atoms with Gasteiger partial charge in [0.2, 0.25) is 12.1 Å². The van der Waals surface area contributed by atoms with Crippen molar-refractivity contribution in [3.63, 3.8) is 0 Å². The van der Waals surface area contributed by atoms with E-state index in [2.05, 4.69) is 20.5 Å². The van der Waals surface area contributed by atoms with E-state index in [9.17, 15) is 4.79 Å². The fourth-order valence-electron chi connectivity index (χ4n) is 2.77. The molecular formula is C19H18N4O5. The summed E-state index contributed by atoms with van der Waals surface area (Å²) in [5.41, 5.74) is 0.733. The topological polar surface area (TPSA) is 108 Å². The summed E-state index contributed by atoms with van der Waals surface area (Å²) in [6, 6.07) is 12.5. The van der Waals surface area contributed by atoms with Crippen molar-refractivity contribution in [2.24, 2.45) is 0 Å². The van der Waals surface area contributed by atoms with Crippen molar-refractivity contribution in [1.29, 1.82) is 0 Å². The number of benzene rings is 2. The lowest BCUT2D eigenvalue weighted by molar-refractivity contribution is -0.125. The van der Waals surface area contributed by atoms with Crippen molar-refractivity contribution in [3.8, 4) is 34.4 Å². The monoisotopic (exact) mass is 382 g/mol. The van der Waals surface area contributed by atoms with Gasteiger partial charge < -0.3 is 18.9 Å². The van der Waals surface area contributed by atoms with Gasteiger partial charge in [0.1, 0.15) is 6.61 Å². The van der Waals surface area contributed by atoms with Gasteiger partial charge in [0.05, 0.1) is 14.2 Å². The third-order valence-electron chi connectivity index (χ3n) is 4.18. The molecule has 2 N–H and O–H groups in total. The lowest BCUT2D eigenvalue weighted by Crippen LogP contribution is -2.40.